The van der Waals surface area contributed by atoms with E-state index in [1.807, 2.05) is 25.5 Å². The number of nitrogens with one attached hydrogen (secondary N) is 1. The highest BCUT2D eigenvalue weighted by atomic mass is 35.5. The number of hydrogen-bond acceptors (Lipinski definition) is 6. The summed E-state index contributed by atoms with van der Waals surface area (Å²) in [5.41, 5.74) is 4.35. The number of halogens is 2. The second kappa shape index (κ2) is 7.19. The Balaban J connectivity index is 1.44. The summed E-state index contributed by atoms with van der Waals surface area (Å²) in [4.78, 5) is 8.91. The summed E-state index contributed by atoms with van der Waals surface area (Å²) >= 11 is 12.5. The molecule has 4 heterocycles. The van der Waals surface area contributed by atoms with Crippen molar-refractivity contribution in [1.29, 1.82) is 0 Å². The van der Waals surface area contributed by atoms with Gasteiger partial charge in [0.25, 0.3) is 0 Å². The minimum atomic E-state index is -0.857. The first-order valence-electron chi connectivity index (χ1n) is 9.88. The number of aromatic nitrogens is 6. The molecule has 4 aromatic rings. The molecule has 8 nitrogen and oxygen atoms in total. The summed E-state index contributed by atoms with van der Waals surface area (Å²) in [5.74, 6) is -0.181. The van der Waals surface area contributed by atoms with Crippen LogP contribution in [0.3, 0.4) is 0 Å². The van der Waals surface area contributed by atoms with Crippen LogP contribution in [0.1, 0.15) is 37.4 Å². The Labute approximate surface area is 188 Å². The van der Waals surface area contributed by atoms with Gasteiger partial charge in [0.15, 0.2) is 10.8 Å². The summed E-state index contributed by atoms with van der Waals surface area (Å²) < 4.78 is 3.48. The molecule has 0 amide bonds. The van der Waals surface area contributed by atoms with Gasteiger partial charge in [-0.1, -0.05) is 37.0 Å². The first kappa shape index (κ1) is 20.2. The Morgan fingerprint density at radius 1 is 1.19 bits per heavy atom. The Morgan fingerprint density at radius 3 is 2.71 bits per heavy atom. The van der Waals surface area contributed by atoms with Gasteiger partial charge in [-0.05, 0) is 18.6 Å². The molecule has 5 rings (SSSR count). The largest absolute Gasteiger partial charge is 0.373 e. The van der Waals surface area contributed by atoms with Gasteiger partial charge in [0, 0.05) is 42.4 Å². The van der Waals surface area contributed by atoms with Gasteiger partial charge in [-0.25, -0.2) is 9.50 Å². The van der Waals surface area contributed by atoms with Crippen molar-refractivity contribution >= 4 is 34.5 Å². The summed E-state index contributed by atoms with van der Waals surface area (Å²) in [6.07, 6.45) is 5.16. The average molecular weight is 458 g/mol. The molecule has 2 N–H and O–H groups in total. The van der Waals surface area contributed by atoms with Gasteiger partial charge < -0.3 is 10.4 Å². The van der Waals surface area contributed by atoms with E-state index in [2.05, 4.69) is 39.3 Å². The minimum Gasteiger partial charge on any atom is -0.373 e. The molecular formula is C21H21Cl2N7O. The Bertz CT molecular complexity index is 1300. The molecule has 31 heavy (non-hydrogen) atoms. The van der Waals surface area contributed by atoms with Crippen LogP contribution in [-0.4, -0.2) is 40.7 Å². The Hall–Kier alpha value is -2.68. The third-order valence-corrected chi connectivity index (χ3v) is 6.22. The van der Waals surface area contributed by atoms with Crippen LogP contribution < -0.4 is 5.32 Å². The van der Waals surface area contributed by atoms with E-state index in [0.717, 1.165) is 17.7 Å². The van der Waals surface area contributed by atoms with Crippen molar-refractivity contribution < 1.29 is 5.11 Å². The molecule has 0 fully saturated rings. The lowest BCUT2D eigenvalue weighted by molar-refractivity contribution is 0.163. The molecule has 0 aliphatic heterocycles. The lowest BCUT2D eigenvalue weighted by Gasteiger charge is -2.23. The third kappa shape index (κ3) is 3.44. The van der Waals surface area contributed by atoms with Crippen molar-refractivity contribution in [3.63, 3.8) is 0 Å². The van der Waals surface area contributed by atoms with Crippen molar-refractivity contribution in [3.05, 3.63) is 58.2 Å². The van der Waals surface area contributed by atoms with Crippen molar-refractivity contribution in [2.45, 2.75) is 37.8 Å². The number of pyridine rings is 1. The van der Waals surface area contributed by atoms with Gasteiger partial charge in [-0.3, -0.25) is 9.67 Å². The molecule has 160 valence electrons. The Morgan fingerprint density at radius 2 is 2.00 bits per heavy atom. The summed E-state index contributed by atoms with van der Waals surface area (Å²) in [5, 5.41) is 23.8. The topological polar surface area (TPSA) is 93.2 Å². The van der Waals surface area contributed by atoms with Crippen molar-refractivity contribution in [2.75, 3.05) is 5.32 Å². The Kier molecular flexibility index (Phi) is 4.69. The van der Waals surface area contributed by atoms with Crippen LogP contribution in [-0.2, 0) is 12.5 Å². The van der Waals surface area contributed by atoms with E-state index in [1.165, 1.54) is 0 Å². The molecular weight excluding hydrogens is 437 g/mol. The van der Waals surface area contributed by atoms with Crippen molar-refractivity contribution in [1.82, 2.24) is 29.4 Å². The van der Waals surface area contributed by atoms with Gasteiger partial charge in [0.2, 0.25) is 0 Å². The lowest BCUT2D eigenvalue weighted by atomic mass is 9.88. The molecule has 4 aromatic heterocycles. The number of rotatable bonds is 4. The molecule has 2 atom stereocenters. The van der Waals surface area contributed by atoms with Gasteiger partial charge >= 0.3 is 0 Å². The lowest BCUT2D eigenvalue weighted by Crippen LogP contribution is -2.27. The summed E-state index contributed by atoms with van der Waals surface area (Å²) in [6, 6.07) is 5.33. The van der Waals surface area contributed by atoms with Crippen LogP contribution in [0, 0.1) is 0 Å². The molecule has 0 aromatic carbocycles. The summed E-state index contributed by atoms with van der Waals surface area (Å²) in [7, 11) is 1.84. The fourth-order valence-electron chi connectivity index (χ4n) is 4.42. The second-order valence-electron chi connectivity index (χ2n) is 8.51. The van der Waals surface area contributed by atoms with E-state index < -0.39 is 6.23 Å². The zero-order chi connectivity index (χ0) is 21.9. The van der Waals surface area contributed by atoms with Crippen LogP contribution in [0.15, 0.2) is 36.8 Å². The average Bonchev–Trinajstić information content (AvgIpc) is 3.36. The van der Waals surface area contributed by atoms with Gasteiger partial charge in [0.05, 0.1) is 22.6 Å². The predicted molar refractivity (Wildman–Crippen MR) is 119 cm³/mol. The van der Waals surface area contributed by atoms with E-state index in [9.17, 15) is 5.11 Å². The monoisotopic (exact) mass is 457 g/mol. The van der Waals surface area contributed by atoms with Crippen molar-refractivity contribution in [2.24, 2.45) is 7.05 Å². The second-order valence-corrected chi connectivity index (χ2v) is 9.31. The summed E-state index contributed by atoms with van der Waals surface area (Å²) in [6.45, 7) is 4.27. The SMILES string of the molecule is Cn1ccc(-c2ncc(NC(O)[C@@H]3CC(C)(C)c4c3cnc3cc(Cl)nn43)cc2Cl)n1. The van der Waals surface area contributed by atoms with Crippen LogP contribution in [0.25, 0.3) is 17.0 Å². The van der Waals surface area contributed by atoms with Crippen LogP contribution >= 0.6 is 23.2 Å². The van der Waals surface area contributed by atoms with E-state index >= 15 is 0 Å². The van der Waals surface area contributed by atoms with E-state index in [1.54, 1.807) is 27.5 Å². The fourth-order valence-corrected chi connectivity index (χ4v) is 4.86. The van der Waals surface area contributed by atoms with Crippen LogP contribution in [0.5, 0.6) is 0 Å². The molecule has 1 aliphatic rings. The van der Waals surface area contributed by atoms with E-state index in [4.69, 9.17) is 23.2 Å². The highest BCUT2D eigenvalue weighted by molar-refractivity contribution is 6.33. The normalized spacial score (nSPS) is 18.3. The number of anilines is 1. The highest BCUT2D eigenvalue weighted by Crippen LogP contribution is 2.47. The first-order valence-corrected chi connectivity index (χ1v) is 10.6. The molecule has 0 bridgehead atoms. The smallest absolute Gasteiger partial charge is 0.156 e. The standard InChI is InChI=1S/C21H21Cl2N7O/c1-21(2)8-12(13-10-24-17-7-16(23)28-30(17)19(13)21)20(31)26-11-6-14(22)18(25-9-11)15-4-5-29(3)27-15/h4-7,9-10,12,20,26,31H,8H2,1-3H3/t12-,20?/m1/s1. The van der Waals surface area contributed by atoms with E-state index in [0.29, 0.717) is 32.9 Å². The first-order chi connectivity index (χ1) is 14.7. The number of aryl methyl sites for hydroxylation is 1. The minimum absolute atomic E-state index is 0.181. The van der Waals surface area contributed by atoms with Gasteiger partial charge in [-0.2, -0.15) is 10.2 Å². The fraction of sp³-hybridized carbons (Fsp3) is 0.333. The maximum absolute atomic E-state index is 11.1. The number of aliphatic hydroxyl groups excluding tert-OH is 1. The molecule has 0 saturated heterocycles. The highest BCUT2D eigenvalue weighted by Gasteiger charge is 2.43. The predicted octanol–water partition coefficient (Wildman–Crippen LogP) is 4.03. The number of fused-ring (bicyclic) bond motifs is 3. The van der Waals surface area contributed by atoms with E-state index in [-0.39, 0.29) is 11.3 Å². The quantitative estimate of drug-likeness (QED) is 0.449. The maximum atomic E-state index is 11.1. The number of nitrogens with zero attached hydrogens (tertiary/aromatic N) is 6. The molecule has 1 unspecified atom stereocenters. The third-order valence-electron chi connectivity index (χ3n) is 5.75. The number of aliphatic hydroxyl groups is 1. The van der Waals surface area contributed by atoms with Crippen molar-refractivity contribution in [3.8, 4) is 11.4 Å². The molecule has 0 radical (unpaired) electrons. The zero-order valence-electron chi connectivity index (χ0n) is 17.2. The maximum Gasteiger partial charge on any atom is 0.156 e. The zero-order valence-corrected chi connectivity index (χ0v) is 18.7. The van der Waals surface area contributed by atoms with Gasteiger partial charge in [-0.15, -0.1) is 0 Å². The van der Waals surface area contributed by atoms with Gasteiger partial charge in [0.1, 0.15) is 17.6 Å². The molecule has 10 heteroatoms. The molecule has 1 aliphatic carbocycles. The molecule has 0 spiro atoms. The van der Waals surface area contributed by atoms with Crippen LogP contribution in [0.2, 0.25) is 10.2 Å². The number of hydrogen-bond donors (Lipinski definition) is 2. The van der Waals surface area contributed by atoms with Crippen LogP contribution in [0.4, 0.5) is 5.69 Å². The molecule has 0 saturated carbocycles.